The molecule has 82 valence electrons. The number of carbonyl (C=O) groups is 2. The largest absolute Gasteiger partial charge is 0.350 e. The lowest BCUT2D eigenvalue weighted by atomic mass is 10.2. The van der Waals surface area contributed by atoms with Crippen LogP contribution in [0, 0.1) is 0 Å². The molecule has 0 saturated heterocycles. The van der Waals surface area contributed by atoms with E-state index in [2.05, 4.69) is 10.5 Å². The maximum atomic E-state index is 11.6. The van der Waals surface area contributed by atoms with Crippen LogP contribution in [0.2, 0.25) is 0 Å². The lowest BCUT2D eigenvalue weighted by Crippen LogP contribution is -2.44. The molecule has 7 heteroatoms. The van der Waals surface area contributed by atoms with Crippen molar-refractivity contribution < 1.29 is 9.59 Å². The summed E-state index contributed by atoms with van der Waals surface area (Å²) in [6.07, 6.45) is 3.13. The zero-order valence-electron chi connectivity index (χ0n) is 8.18. The molecule has 0 aliphatic heterocycles. The molecule has 0 unspecified atom stereocenters. The van der Waals surface area contributed by atoms with Crippen LogP contribution in [0.15, 0.2) is 30.6 Å². The third-order valence-electron chi connectivity index (χ3n) is 1.97. The second-order valence-corrected chi connectivity index (χ2v) is 3.03. The minimum atomic E-state index is -0.829. The number of nitrogens with two attached hydrogens (primary N) is 1. The summed E-state index contributed by atoms with van der Waals surface area (Å²) in [5.41, 5.74) is 9.98. The second-order valence-electron chi connectivity index (χ2n) is 3.03. The van der Waals surface area contributed by atoms with Gasteiger partial charge in [0.15, 0.2) is 0 Å². The quantitative estimate of drug-likeness (QED) is 0.571. The maximum Gasteiger partial charge on any atom is 0.330 e. The molecule has 2 heterocycles. The normalized spacial score (nSPS) is 10.0. The first-order valence-electron chi connectivity index (χ1n) is 4.46. The summed E-state index contributed by atoms with van der Waals surface area (Å²) in [5, 5.41) is 3.98. The van der Waals surface area contributed by atoms with Crippen LogP contribution in [0.1, 0.15) is 10.4 Å². The number of pyridine rings is 1. The molecular weight excluding hydrogens is 210 g/mol. The Labute approximate surface area is 90.2 Å². The summed E-state index contributed by atoms with van der Waals surface area (Å²) < 4.78 is 1.55. The summed E-state index contributed by atoms with van der Waals surface area (Å²) in [6, 6.07) is 4.50. The number of fused-ring (bicyclic) bond motifs is 1. The van der Waals surface area contributed by atoms with Gasteiger partial charge in [0.25, 0.3) is 5.91 Å². The SMILES string of the molecule is NC(=O)NNC(=O)c1cnn2ccccc12. The van der Waals surface area contributed by atoms with Crippen LogP contribution in [-0.2, 0) is 0 Å². The molecule has 0 aromatic carbocycles. The molecule has 3 amide bonds. The zero-order valence-corrected chi connectivity index (χ0v) is 8.18. The Kier molecular flexibility index (Phi) is 2.42. The van der Waals surface area contributed by atoms with E-state index in [1.807, 2.05) is 5.43 Å². The average Bonchev–Trinajstić information content (AvgIpc) is 2.69. The molecule has 7 nitrogen and oxygen atoms in total. The first-order valence-corrected chi connectivity index (χ1v) is 4.46. The van der Waals surface area contributed by atoms with Crippen LogP contribution < -0.4 is 16.6 Å². The molecule has 0 aliphatic rings. The number of hydrazine groups is 1. The number of hydrogen-bond acceptors (Lipinski definition) is 3. The van der Waals surface area contributed by atoms with Crippen molar-refractivity contribution >= 4 is 17.5 Å². The highest BCUT2D eigenvalue weighted by atomic mass is 16.2. The van der Waals surface area contributed by atoms with Crippen LogP contribution in [0.4, 0.5) is 4.79 Å². The fourth-order valence-corrected chi connectivity index (χ4v) is 1.30. The van der Waals surface area contributed by atoms with E-state index in [4.69, 9.17) is 5.73 Å². The predicted molar refractivity (Wildman–Crippen MR) is 55.4 cm³/mol. The van der Waals surface area contributed by atoms with Gasteiger partial charge in [-0.3, -0.25) is 10.2 Å². The molecule has 0 saturated carbocycles. The Morgan fingerprint density at radius 1 is 1.31 bits per heavy atom. The number of nitrogens with zero attached hydrogens (tertiary/aromatic N) is 2. The van der Waals surface area contributed by atoms with Crippen molar-refractivity contribution in [3.05, 3.63) is 36.2 Å². The average molecular weight is 219 g/mol. The van der Waals surface area contributed by atoms with Crippen LogP contribution in [0.3, 0.4) is 0 Å². The molecular formula is C9H9N5O2. The summed E-state index contributed by atoms with van der Waals surface area (Å²) in [6.45, 7) is 0. The third kappa shape index (κ3) is 1.78. The van der Waals surface area contributed by atoms with Gasteiger partial charge in [0, 0.05) is 6.20 Å². The summed E-state index contributed by atoms with van der Waals surface area (Å²) in [4.78, 5) is 22.0. The van der Waals surface area contributed by atoms with Crippen LogP contribution in [-0.4, -0.2) is 21.6 Å². The van der Waals surface area contributed by atoms with E-state index < -0.39 is 11.9 Å². The Balaban J connectivity index is 2.26. The van der Waals surface area contributed by atoms with Crippen molar-refractivity contribution in [3.8, 4) is 0 Å². The summed E-state index contributed by atoms with van der Waals surface area (Å²) in [7, 11) is 0. The van der Waals surface area contributed by atoms with E-state index in [9.17, 15) is 9.59 Å². The van der Waals surface area contributed by atoms with Gasteiger partial charge in [0.05, 0.1) is 17.3 Å². The molecule has 2 rings (SSSR count). The van der Waals surface area contributed by atoms with E-state index in [0.717, 1.165) is 0 Å². The van der Waals surface area contributed by atoms with Crippen molar-refractivity contribution in [2.75, 3.05) is 0 Å². The van der Waals surface area contributed by atoms with Crippen molar-refractivity contribution in [1.82, 2.24) is 20.5 Å². The van der Waals surface area contributed by atoms with E-state index >= 15 is 0 Å². The molecule has 0 radical (unpaired) electrons. The lowest BCUT2D eigenvalue weighted by molar-refractivity contribution is 0.0939. The number of hydrogen-bond donors (Lipinski definition) is 3. The van der Waals surface area contributed by atoms with Crippen molar-refractivity contribution in [1.29, 1.82) is 0 Å². The Morgan fingerprint density at radius 2 is 2.12 bits per heavy atom. The van der Waals surface area contributed by atoms with Crippen LogP contribution in [0.5, 0.6) is 0 Å². The summed E-state index contributed by atoms with van der Waals surface area (Å²) in [5.74, 6) is -0.472. The predicted octanol–water partition coefficient (Wildman–Crippen LogP) is -0.353. The fraction of sp³-hybridized carbons (Fsp3) is 0. The third-order valence-corrected chi connectivity index (χ3v) is 1.97. The van der Waals surface area contributed by atoms with Crippen molar-refractivity contribution in [3.63, 3.8) is 0 Å². The number of rotatable bonds is 1. The minimum Gasteiger partial charge on any atom is -0.350 e. The number of primary amides is 1. The lowest BCUT2D eigenvalue weighted by Gasteiger charge is -2.02. The van der Waals surface area contributed by atoms with E-state index in [1.54, 1.807) is 28.9 Å². The van der Waals surface area contributed by atoms with Crippen LogP contribution >= 0.6 is 0 Å². The van der Waals surface area contributed by atoms with Crippen LogP contribution in [0.25, 0.3) is 5.52 Å². The summed E-state index contributed by atoms with van der Waals surface area (Å²) >= 11 is 0. The number of amides is 3. The van der Waals surface area contributed by atoms with Crippen molar-refractivity contribution in [2.45, 2.75) is 0 Å². The molecule has 0 bridgehead atoms. The molecule has 0 aliphatic carbocycles. The molecule has 0 atom stereocenters. The number of nitrogens with one attached hydrogen (secondary N) is 2. The van der Waals surface area contributed by atoms with Gasteiger partial charge in [-0.25, -0.2) is 14.7 Å². The fourth-order valence-electron chi connectivity index (χ4n) is 1.30. The Morgan fingerprint density at radius 3 is 2.88 bits per heavy atom. The monoisotopic (exact) mass is 219 g/mol. The van der Waals surface area contributed by atoms with E-state index in [0.29, 0.717) is 11.1 Å². The van der Waals surface area contributed by atoms with Gasteiger partial charge < -0.3 is 5.73 Å². The van der Waals surface area contributed by atoms with E-state index in [1.165, 1.54) is 6.20 Å². The highest BCUT2D eigenvalue weighted by Crippen LogP contribution is 2.08. The van der Waals surface area contributed by atoms with Gasteiger partial charge in [-0.15, -0.1) is 0 Å². The zero-order chi connectivity index (χ0) is 11.5. The Bertz CT molecular complexity index is 548. The maximum absolute atomic E-state index is 11.6. The second kappa shape index (κ2) is 3.89. The Hall–Kier alpha value is -2.57. The molecule has 0 spiro atoms. The number of carbonyl (C=O) groups excluding carboxylic acids is 2. The molecule has 0 fully saturated rings. The number of aromatic nitrogens is 2. The van der Waals surface area contributed by atoms with Gasteiger partial charge in [0.2, 0.25) is 0 Å². The standard InChI is InChI=1S/C9H9N5O2/c10-9(16)13-12-8(15)6-5-11-14-4-2-1-3-7(6)14/h1-5H,(H,12,15)(H3,10,13,16). The van der Waals surface area contributed by atoms with Gasteiger partial charge in [-0.1, -0.05) is 6.07 Å². The molecule has 4 N–H and O–H groups in total. The molecule has 2 aromatic rings. The first-order chi connectivity index (χ1) is 7.68. The smallest absolute Gasteiger partial charge is 0.330 e. The highest BCUT2D eigenvalue weighted by molar-refractivity contribution is 6.01. The van der Waals surface area contributed by atoms with Gasteiger partial charge in [-0.05, 0) is 12.1 Å². The minimum absolute atomic E-state index is 0.356. The van der Waals surface area contributed by atoms with E-state index in [-0.39, 0.29) is 0 Å². The van der Waals surface area contributed by atoms with Gasteiger partial charge in [-0.2, -0.15) is 5.10 Å². The van der Waals surface area contributed by atoms with Gasteiger partial charge >= 0.3 is 6.03 Å². The highest BCUT2D eigenvalue weighted by Gasteiger charge is 2.11. The van der Waals surface area contributed by atoms with Crippen molar-refractivity contribution in [2.24, 2.45) is 5.73 Å². The van der Waals surface area contributed by atoms with Gasteiger partial charge in [0.1, 0.15) is 0 Å². The number of urea groups is 1. The topological polar surface area (TPSA) is 102 Å². The molecule has 2 aromatic heterocycles. The first kappa shape index (κ1) is 9.97. The molecule has 16 heavy (non-hydrogen) atoms.